The summed E-state index contributed by atoms with van der Waals surface area (Å²) in [6.07, 6.45) is 3.08. The molecular formula is C15H28N2O3. The van der Waals surface area contributed by atoms with E-state index in [1.807, 2.05) is 20.8 Å². The Morgan fingerprint density at radius 1 is 1.40 bits per heavy atom. The lowest BCUT2D eigenvalue weighted by Crippen LogP contribution is -2.35. The van der Waals surface area contributed by atoms with Crippen LogP contribution < -0.4 is 10.6 Å². The van der Waals surface area contributed by atoms with Crippen molar-refractivity contribution in [2.45, 2.75) is 46.5 Å². The number of carboxylic acid groups (broad SMARTS) is 1. The second-order valence-corrected chi connectivity index (χ2v) is 7.00. The first-order valence-corrected chi connectivity index (χ1v) is 7.48. The highest BCUT2D eigenvalue weighted by atomic mass is 16.4. The van der Waals surface area contributed by atoms with E-state index in [0.29, 0.717) is 18.8 Å². The van der Waals surface area contributed by atoms with Crippen LogP contribution in [0.25, 0.3) is 0 Å². The average molecular weight is 284 g/mol. The van der Waals surface area contributed by atoms with Gasteiger partial charge in [0.15, 0.2) is 0 Å². The first-order valence-electron chi connectivity index (χ1n) is 7.48. The Kier molecular flexibility index (Phi) is 6.46. The molecule has 1 saturated heterocycles. The third-order valence-electron chi connectivity index (χ3n) is 3.70. The van der Waals surface area contributed by atoms with E-state index in [1.165, 1.54) is 0 Å². The molecule has 0 aromatic rings. The van der Waals surface area contributed by atoms with Gasteiger partial charge in [-0.1, -0.05) is 20.8 Å². The van der Waals surface area contributed by atoms with Crippen molar-refractivity contribution in [1.82, 2.24) is 10.6 Å². The van der Waals surface area contributed by atoms with E-state index in [9.17, 15) is 14.7 Å². The van der Waals surface area contributed by atoms with Gasteiger partial charge in [0.1, 0.15) is 0 Å². The van der Waals surface area contributed by atoms with Crippen LogP contribution in [0, 0.1) is 17.3 Å². The summed E-state index contributed by atoms with van der Waals surface area (Å²) in [6.45, 7) is 8.30. The van der Waals surface area contributed by atoms with Crippen LogP contribution in [0.5, 0.6) is 0 Å². The van der Waals surface area contributed by atoms with Crippen molar-refractivity contribution in [2.24, 2.45) is 17.3 Å². The van der Waals surface area contributed by atoms with Crippen molar-refractivity contribution in [1.29, 1.82) is 0 Å². The number of hydrogen-bond acceptors (Lipinski definition) is 3. The van der Waals surface area contributed by atoms with Crippen molar-refractivity contribution < 1.29 is 14.7 Å². The summed E-state index contributed by atoms with van der Waals surface area (Å²) >= 11 is 0. The van der Waals surface area contributed by atoms with Gasteiger partial charge in [0, 0.05) is 13.0 Å². The molecule has 1 fully saturated rings. The molecule has 5 nitrogen and oxygen atoms in total. The predicted octanol–water partition coefficient (Wildman–Crippen LogP) is 1.63. The van der Waals surface area contributed by atoms with Crippen molar-refractivity contribution in [3.8, 4) is 0 Å². The Labute approximate surface area is 121 Å². The highest BCUT2D eigenvalue weighted by molar-refractivity contribution is 5.77. The van der Waals surface area contributed by atoms with Crippen molar-refractivity contribution in [3.05, 3.63) is 0 Å². The fourth-order valence-electron chi connectivity index (χ4n) is 2.61. The number of aliphatic carboxylic acids is 1. The van der Waals surface area contributed by atoms with Crippen LogP contribution in [0.4, 0.5) is 0 Å². The van der Waals surface area contributed by atoms with E-state index in [1.54, 1.807) is 0 Å². The number of carbonyl (C=O) groups is 2. The highest BCUT2D eigenvalue weighted by Crippen LogP contribution is 2.24. The van der Waals surface area contributed by atoms with Crippen LogP contribution in [0.2, 0.25) is 0 Å². The lowest BCUT2D eigenvalue weighted by molar-refractivity contribution is -0.142. The second kappa shape index (κ2) is 7.62. The van der Waals surface area contributed by atoms with Gasteiger partial charge in [-0.05, 0) is 43.7 Å². The van der Waals surface area contributed by atoms with Crippen LogP contribution in [0.3, 0.4) is 0 Å². The molecule has 5 heteroatoms. The summed E-state index contributed by atoms with van der Waals surface area (Å²) in [6, 6.07) is 0. The Morgan fingerprint density at radius 2 is 2.10 bits per heavy atom. The summed E-state index contributed by atoms with van der Waals surface area (Å²) in [4.78, 5) is 23.0. The van der Waals surface area contributed by atoms with E-state index in [-0.39, 0.29) is 17.9 Å². The maximum Gasteiger partial charge on any atom is 0.308 e. The summed E-state index contributed by atoms with van der Waals surface area (Å²) in [5, 5.41) is 15.2. The zero-order valence-electron chi connectivity index (χ0n) is 12.9. The molecule has 20 heavy (non-hydrogen) atoms. The van der Waals surface area contributed by atoms with Crippen LogP contribution in [0.15, 0.2) is 0 Å². The van der Waals surface area contributed by atoms with Gasteiger partial charge in [0.25, 0.3) is 0 Å². The Hall–Kier alpha value is -1.10. The Bertz CT molecular complexity index is 331. The molecular weight excluding hydrogens is 256 g/mol. The van der Waals surface area contributed by atoms with Crippen LogP contribution in [-0.2, 0) is 9.59 Å². The Balaban J connectivity index is 2.27. The van der Waals surface area contributed by atoms with E-state index in [4.69, 9.17) is 0 Å². The molecule has 2 atom stereocenters. The molecule has 1 rings (SSSR count). The van der Waals surface area contributed by atoms with Gasteiger partial charge in [-0.3, -0.25) is 9.59 Å². The molecule has 0 aromatic heterocycles. The molecule has 0 bridgehead atoms. The molecule has 1 aliphatic heterocycles. The van der Waals surface area contributed by atoms with Gasteiger partial charge >= 0.3 is 5.97 Å². The maximum absolute atomic E-state index is 11.8. The highest BCUT2D eigenvalue weighted by Gasteiger charge is 2.25. The number of carbonyl (C=O) groups excluding carboxylic acids is 1. The van der Waals surface area contributed by atoms with E-state index in [0.717, 1.165) is 25.9 Å². The number of hydrogen-bond donors (Lipinski definition) is 3. The molecule has 0 saturated carbocycles. The molecule has 3 N–H and O–H groups in total. The standard InChI is InChI=1S/C15H28N2O3/c1-15(2,3)8-12(14(19)20)10-17-13(18)5-4-11-6-7-16-9-11/h11-12,16H,4-10H2,1-3H3,(H,17,18)(H,19,20). The van der Waals surface area contributed by atoms with Gasteiger partial charge in [-0.15, -0.1) is 0 Å². The summed E-state index contributed by atoms with van der Waals surface area (Å²) in [7, 11) is 0. The van der Waals surface area contributed by atoms with Gasteiger partial charge in [-0.25, -0.2) is 0 Å². The number of carboxylic acids is 1. The summed E-state index contributed by atoms with van der Waals surface area (Å²) in [5.41, 5.74) is -0.0523. The van der Waals surface area contributed by atoms with Crippen LogP contribution in [-0.4, -0.2) is 36.6 Å². The Morgan fingerprint density at radius 3 is 2.60 bits per heavy atom. The van der Waals surface area contributed by atoms with Crippen molar-refractivity contribution in [2.75, 3.05) is 19.6 Å². The quantitative estimate of drug-likeness (QED) is 0.664. The minimum atomic E-state index is -0.833. The number of amides is 1. The summed E-state index contributed by atoms with van der Waals surface area (Å²) < 4.78 is 0. The van der Waals surface area contributed by atoms with Gasteiger partial charge < -0.3 is 15.7 Å². The van der Waals surface area contributed by atoms with Gasteiger partial charge in [0.05, 0.1) is 5.92 Å². The topological polar surface area (TPSA) is 78.4 Å². The zero-order valence-corrected chi connectivity index (χ0v) is 12.9. The molecule has 1 heterocycles. The zero-order chi connectivity index (χ0) is 15.2. The largest absolute Gasteiger partial charge is 0.481 e. The lowest BCUT2D eigenvalue weighted by atomic mass is 9.84. The monoisotopic (exact) mass is 284 g/mol. The number of rotatable bonds is 7. The van der Waals surface area contributed by atoms with Crippen molar-refractivity contribution >= 4 is 11.9 Å². The molecule has 0 aliphatic carbocycles. The van der Waals surface area contributed by atoms with E-state index >= 15 is 0 Å². The van der Waals surface area contributed by atoms with E-state index in [2.05, 4.69) is 10.6 Å². The predicted molar refractivity (Wildman–Crippen MR) is 78.4 cm³/mol. The molecule has 0 radical (unpaired) electrons. The van der Waals surface area contributed by atoms with Gasteiger partial charge in [0.2, 0.25) is 5.91 Å². The third-order valence-corrected chi connectivity index (χ3v) is 3.70. The minimum absolute atomic E-state index is 0.0305. The number of nitrogens with one attached hydrogen (secondary N) is 2. The second-order valence-electron chi connectivity index (χ2n) is 7.00. The SMILES string of the molecule is CC(C)(C)CC(CNC(=O)CCC1CCNC1)C(=O)O. The first kappa shape index (κ1) is 17.0. The average Bonchev–Trinajstić information content (AvgIpc) is 2.83. The fourth-order valence-corrected chi connectivity index (χ4v) is 2.61. The molecule has 1 amide bonds. The third kappa shape index (κ3) is 6.89. The smallest absolute Gasteiger partial charge is 0.308 e. The lowest BCUT2D eigenvalue weighted by Gasteiger charge is -2.23. The fraction of sp³-hybridized carbons (Fsp3) is 0.867. The molecule has 0 spiro atoms. The van der Waals surface area contributed by atoms with Crippen LogP contribution in [0.1, 0.15) is 46.5 Å². The molecule has 116 valence electrons. The normalized spacial score (nSPS) is 20.6. The maximum atomic E-state index is 11.8. The summed E-state index contributed by atoms with van der Waals surface area (Å²) in [5.74, 6) is -0.782. The van der Waals surface area contributed by atoms with Gasteiger partial charge in [-0.2, -0.15) is 0 Å². The van der Waals surface area contributed by atoms with Crippen molar-refractivity contribution in [3.63, 3.8) is 0 Å². The van der Waals surface area contributed by atoms with E-state index < -0.39 is 11.9 Å². The first-order chi connectivity index (χ1) is 9.28. The molecule has 0 aromatic carbocycles. The molecule has 2 unspecified atom stereocenters. The van der Waals surface area contributed by atoms with Crippen LogP contribution >= 0.6 is 0 Å². The molecule has 1 aliphatic rings. The minimum Gasteiger partial charge on any atom is -0.481 e.